The van der Waals surface area contributed by atoms with E-state index in [-0.39, 0.29) is 5.41 Å². The van der Waals surface area contributed by atoms with E-state index in [9.17, 15) is 0 Å². The highest BCUT2D eigenvalue weighted by molar-refractivity contribution is 9.10. The minimum Gasteiger partial charge on any atom is -0.311 e. The van der Waals surface area contributed by atoms with Crippen molar-refractivity contribution in [3.8, 4) is 22.3 Å². The molecule has 0 bridgehead atoms. The lowest BCUT2D eigenvalue weighted by Crippen LogP contribution is -2.14. The summed E-state index contributed by atoms with van der Waals surface area (Å²) in [5.74, 6) is 0. The third kappa shape index (κ3) is 4.01. The van der Waals surface area contributed by atoms with Crippen molar-refractivity contribution in [1.29, 1.82) is 0 Å². The second kappa shape index (κ2) is 9.06. The molecule has 0 amide bonds. The van der Waals surface area contributed by atoms with Gasteiger partial charge in [-0.3, -0.25) is 0 Å². The van der Waals surface area contributed by atoms with E-state index in [1.54, 1.807) is 0 Å². The predicted octanol–water partition coefficient (Wildman–Crippen LogP) is 10.7. The summed E-state index contributed by atoms with van der Waals surface area (Å²) in [5.41, 5.74) is 11.4. The van der Waals surface area contributed by atoms with Gasteiger partial charge in [-0.1, -0.05) is 94.2 Å². The molecule has 0 unspecified atom stereocenters. The van der Waals surface area contributed by atoms with Crippen molar-refractivity contribution >= 4 is 48.9 Å². The Hall–Kier alpha value is -3.14. The van der Waals surface area contributed by atoms with Gasteiger partial charge in [-0.05, 0) is 100 Å². The topological polar surface area (TPSA) is 3.24 Å². The number of hydrogen-bond donors (Lipinski definition) is 0. The van der Waals surface area contributed by atoms with Crippen LogP contribution < -0.4 is 4.90 Å². The number of nitrogens with zero attached hydrogens (tertiary/aromatic N) is 1. The van der Waals surface area contributed by atoms with Gasteiger partial charge in [0.05, 0.1) is 0 Å². The SMILES string of the molecule is CC1(C)c2ccccc2-c2ccc(-c3ccc(N(c4ccc(Br)cc4)c4ccc(Br)cc4)cc3)cc21. The Kier molecular flexibility index (Phi) is 5.86. The fourth-order valence-corrected chi connectivity index (χ4v) is 5.84. The first-order valence-corrected chi connectivity index (χ1v) is 13.7. The molecule has 1 aliphatic rings. The van der Waals surface area contributed by atoms with Crippen LogP contribution in [-0.4, -0.2) is 0 Å². The Labute approximate surface area is 229 Å². The fourth-order valence-electron chi connectivity index (χ4n) is 5.31. The lowest BCUT2D eigenvalue weighted by Gasteiger charge is -2.26. The quantitative estimate of drug-likeness (QED) is 0.200. The molecule has 5 aromatic carbocycles. The molecule has 1 nitrogen and oxygen atoms in total. The van der Waals surface area contributed by atoms with Crippen molar-refractivity contribution in [2.75, 3.05) is 4.90 Å². The van der Waals surface area contributed by atoms with Crippen LogP contribution in [0.25, 0.3) is 22.3 Å². The normalized spacial score (nSPS) is 13.2. The molecular formula is C33H25Br2N. The smallest absolute Gasteiger partial charge is 0.0462 e. The molecule has 176 valence electrons. The summed E-state index contributed by atoms with van der Waals surface area (Å²) in [4.78, 5) is 2.28. The first kappa shape index (κ1) is 23.3. The highest BCUT2D eigenvalue weighted by Crippen LogP contribution is 2.49. The second-order valence-electron chi connectivity index (χ2n) is 9.77. The van der Waals surface area contributed by atoms with Crippen LogP contribution in [-0.2, 0) is 5.41 Å². The maximum atomic E-state index is 3.57. The standard InChI is InChI=1S/C33H25Br2N/c1-33(2)31-6-4-3-5-29(31)30-20-9-23(21-32(30)33)22-7-14-26(15-8-22)36(27-16-10-24(34)11-17-27)28-18-12-25(35)13-19-28/h3-21H,1-2H3. The molecule has 3 heteroatoms. The van der Waals surface area contributed by atoms with Crippen LogP contribution in [0.3, 0.4) is 0 Å². The summed E-state index contributed by atoms with van der Waals surface area (Å²) < 4.78 is 2.14. The number of anilines is 3. The van der Waals surface area contributed by atoms with E-state index in [2.05, 4.69) is 166 Å². The Morgan fingerprint density at radius 2 is 0.972 bits per heavy atom. The molecule has 0 fully saturated rings. The van der Waals surface area contributed by atoms with Gasteiger partial charge in [-0.2, -0.15) is 0 Å². The van der Waals surface area contributed by atoms with Crippen molar-refractivity contribution in [2.24, 2.45) is 0 Å². The minimum atomic E-state index is 0.00183. The highest BCUT2D eigenvalue weighted by atomic mass is 79.9. The summed E-state index contributed by atoms with van der Waals surface area (Å²) in [6.07, 6.45) is 0. The monoisotopic (exact) mass is 593 g/mol. The number of halogens is 2. The molecule has 0 saturated heterocycles. The fraction of sp³-hybridized carbons (Fsp3) is 0.0909. The van der Waals surface area contributed by atoms with Gasteiger partial charge in [0.25, 0.3) is 0 Å². The van der Waals surface area contributed by atoms with E-state index in [1.807, 2.05) is 0 Å². The molecule has 0 spiro atoms. The largest absolute Gasteiger partial charge is 0.311 e. The average molecular weight is 595 g/mol. The zero-order chi connectivity index (χ0) is 24.9. The van der Waals surface area contributed by atoms with E-state index in [1.165, 1.54) is 33.4 Å². The molecule has 6 rings (SSSR count). The predicted molar refractivity (Wildman–Crippen MR) is 160 cm³/mol. The molecule has 0 N–H and O–H groups in total. The molecule has 36 heavy (non-hydrogen) atoms. The molecular weight excluding hydrogens is 570 g/mol. The van der Waals surface area contributed by atoms with Gasteiger partial charge in [0.2, 0.25) is 0 Å². The van der Waals surface area contributed by atoms with E-state index < -0.39 is 0 Å². The summed E-state index contributed by atoms with van der Waals surface area (Å²) in [6, 6.07) is 41.5. The number of benzene rings is 5. The van der Waals surface area contributed by atoms with Gasteiger partial charge in [0, 0.05) is 31.4 Å². The Morgan fingerprint density at radius 1 is 0.500 bits per heavy atom. The van der Waals surface area contributed by atoms with E-state index in [4.69, 9.17) is 0 Å². The van der Waals surface area contributed by atoms with Crippen LogP contribution in [0.2, 0.25) is 0 Å². The molecule has 0 radical (unpaired) electrons. The van der Waals surface area contributed by atoms with Crippen molar-refractivity contribution in [2.45, 2.75) is 19.3 Å². The maximum absolute atomic E-state index is 3.57. The maximum Gasteiger partial charge on any atom is 0.0462 e. The summed E-state index contributed by atoms with van der Waals surface area (Å²) in [5, 5.41) is 0. The van der Waals surface area contributed by atoms with Crippen LogP contribution in [0.1, 0.15) is 25.0 Å². The van der Waals surface area contributed by atoms with Gasteiger partial charge < -0.3 is 4.90 Å². The third-order valence-electron chi connectivity index (χ3n) is 7.21. The molecule has 5 aromatic rings. The Balaban J connectivity index is 1.38. The van der Waals surface area contributed by atoms with Crippen LogP contribution in [0.4, 0.5) is 17.1 Å². The zero-order valence-electron chi connectivity index (χ0n) is 20.2. The summed E-state index contributed by atoms with van der Waals surface area (Å²) >= 11 is 7.13. The third-order valence-corrected chi connectivity index (χ3v) is 8.27. The second-order valence-corrected chi connectivity index (χ2v) is 11.6. The van der Waals surface area contributed by atoms with Crippen molar-refractivity contribution < 1.29 is 0 Å². The number of hydrogen-bond acceptors (Lipinski definition) is 1. The zero-order valence-corrected chi connectivity index (χ0v) is 23.3. The number of fused-ring (bicyclic) bond motifs is 3. The molecule has 0 heterocycles. The van der Waals surface area contributed by atoms with Crippen molar-refractivity contribution in [3.63, 3.8) is 0 Å². The van der Waals surface area contributed by atoms with Crippen LogP contribution in [0.5, 0.6) is 0 Å². The molecule has 0 aromatic heterocycles. The van der Waals surface area contributed by atoms with Gasteiger partial charge in [-0.25, -0.2) is 0 Å². The lowest BCUT2D eigenvalue weighted by atomic mass is 9.81. The molecule has 1 aliphatic carbocycles. The average Bonchev–Trinajstić information content (AvgIpc) is 3.13. The van der Waals surface area contributed by atoms with Gasteiger partial charge in [0.1, 0.15) is 0 Å². The lowest BCUT2D eigenvalue weighted by molar-refractivity contribution is 0.660. The van der Waals surface area contributed by atoms with Crippen molar-refractivity contribution in [3.05, 3.63) is 135 Å². The minimum absolute atomic E-state index is 0.00183. The van der Waals surface area contributed by atoms with Gasteiger partial charge >= 0.3 is 0 Å². The van der Waals surface area contributed by atoms with E-state index in [0.29, 0.717) is 0 Å². The summed E-state index contributed by atoms with van der Waals surface area (Å²) in [7, 11) is 0. The number of rotatable bonds is 4. The first-order chi connectivity index (χ1) is 17.4. The van der Waals surface area contributed by atoms with E-state index >= 15 is 0 Å². The van der Waals surface area contributed by atoms with Crippen LogP contribution in [0.15, 0.2) is 124 Å². The van der Waals surface area contributed by atoms with Gasteiger partial charge in [0.15, 0.2) is 0 Å². The van der Waals surface area contributed by atoms with Crippen LogP contribution in [0, 0.1) is 0 Å². The Morgan fingerprint density at radius 3 is 1.56 bits per heavy atom. The van der Waals surface area contributed by atoms with Gasteiger partial charge in [-0.15, -0.1) is 0 Å². The Bertz CT molecular complexity index is 1500. The first-order valence-electron chi connectivity index (χ1n) is 12.1. The van der Waals surface area contributed by atoms with E-state index in [0.717, 1.165) is 26.0 Å². The molecule has 0 saturated carbocycles. The van der Waals surface area contributed by atoms with Crippen LogP contribution >= 0.6 is 31.9 Å². The summed E-state index contributed by atoms with van der Waals surface area (Å²) in [6.45, 7) is 4.66. The molecule has 0 atom stereocenters. The van der Waals surface area contributed by atoms with Crippen molar-refractivity contribution in [1.82, 2.24) is 0 Å². The molecule has 0 aliphatic heterocycles. The highest BCUT2D eigenvalue weighted by Gasteiger charge is 2.35.